The van der Waals surface area contributed by atoms with Crippen LogP contribution in [-0.2, 0) is 17.4 Å². The zero-order chi connectivity index (χ0) is 29.3. The number of hydrogen-bond donors (Lipinski definition) is 1. The highest BCUT2D eigenvalue weighted by Gasteiger charge is 2.38. The minimum Gasteiger partial charge on any atom is -0.497 e. The molecule has 0 saturated carbocycles. The number of benzene rings is 3. The summed E-state index contributed by atoms with van der Waals surface area (Å²) >= 11 is 0. The summed E-state index contributed by atoms with van der Waals surface area (Å²) in [5.74, 6) is 1.83. The van der Waals surface area contributed by atoms with Crippen LogP contribution >= 0.6 is 0 Å². The van der Waals surface area contributed by atoms with E-state index in [-0.39, 0.29) is 23.7 Å². The number of fused-ring (bicyclic) bond motifs is 3. The number of furan rings is 1. The number of ether oxygens (including phenoxy) is 2. The Labute approximate surface area is 240 Å². The second kappa shape index (κ2) is 11.3. The summed E-state index contributed by atoms with van der Waals surface area (Å²) in [7, 11) is 1.61. The lowest BCUT2D eigenvalue weighted by Crippen LogP contribution is -2.40. The summed E-state index contributed by atoms with van der Waals surface area (Å²) in [6.07, 6.45) is -3.18. The summed E-state index contributed by atoms with van der Waals surface area (Å²) in [6.45, 7) is 0.806. The van der Waals surface area contributed by atoms with Gasteiger partial charge in [-0.3, -0.25) is 4.79 Å². The average Bonchev–Trinajstić information content (AvgIpc) is 3.63. The first-order chi connectivity index (χ1) is 20.3. The number of halogens is 3. The number of hydrogen-bond acceptors (Lipinski definition) is 4. The van der Waals surface area contributed by atoms with Gasteiger partial charge >= 0.3 is 6.18 Å². The van der Waals surface area contributed by atoms with Gasteiger partial charge in [0.15, 0.2) is 0 Å². The Hall–Kier alpha value is -4.66. The van der Waals surface area contributed by atoms with Crippen LogP contribution in [0.25, 0.3) is 22.2 Å². The van der Waals surface area contributed by atoms with Gasteiger partial charge in [0.25, 0.3) is 0 Å². The number of aromatic nitrogens is 1. The Bertz CT molecular complexity index is 1710. The lowest BCUT2D eigenvalue weighted by Gasteiger charge is -2.35. The van der Waals surface area contributed by atoms with E-state index in [1.165, 1.54) is 18.2 Å². The van der Waals surface area contributed by atoms with Crippen molar-refractivity contribution in [2.75, 3.05) is 20.3 Å². The third-order valence-corrected chi connectivity index (χ3v) is 7.60. The van der Waals surface area contributed by atoms with Crippen LogP contribution in [0.4, 0.5) is 13.2 Å². The van der Waals surface area contributed by atoms with Crippen molar-refractivity contribution >= 4 is 16.8 Å². The number of carbonyl (C=O) groups excluding carboxylic acids is 1. The minimum atomic E-state index is -4.54. The maximum Gasteiger partial charge on any atom is 0.417 e. The van der Waals surface area contributed by atoms with E-state index in [1.54, 1.807) is 24.1 Å². The predicted octanol–water partition coefficient (Wildman–Crippen LogP) is 7.79. The summed E-state index contributed by atoms with van der Waals surface area (Å²) < 4.78 is 58.7. The lowest BCUT2D eigenvalue weighted by molar-refractivity contribution is -0.137. The van der Waals surface area contributed by atoms with E-state index >= 15 is 0 Å². The molecule has 3 heterocycles. The third-order valence-electron chi connectivity index (χ3n) is 7.60. The van der Waals surface area contributed by atoms with Crippen molar-refractivity contribution in [1.82, 2.24) is 9.88 Å². The monoisotopic (exact) mass is 574 g/mol. The number of nitrogens with zero attached hydrogens (tertiary/aromatic N) is 1. The fourth-order valence-corrected chi connectivity index (χ4v) is 5.62. The number of methoxy groups -OCH3 is 1. The van der Waals surface area contributed by atoms with E-state index in [0.29, 0.717) is 37.5 Å². The van der Waals surface area contributed by atoms with E-state index in [2.05, 4.69) is 4.98 Å². The van der Waals surface area contributed by atoms with Crippen LogP contribution in [0.15, 0.2) is 89.3 Å². The molecule has 0 bridgehead atoms. The van der Waals surface area contributed by atoms with Crippen LogP contribution in [0.1, 0.15) is 41.5 Å². The standard InChI is InChI=1S/C33H29F3N2O4/c1-40-22-13-14-27-25(20-22)23-17-18-38(30(39)12-7-19-41-21-8-3-2-4-9-21)32(31(23)37-27)29-16-15-28(42-29)24-10-5-6-11-26(24)33(34,35)36/h2-6,8-11,13-16,20,32,37H,7,12,17-19H2,1H3/t32-/m1/s1. The fourth-order valence-electron chi connectivity index (χ4n) is 5.62. The first-order valence-corrected chi connectivity index (χ1v) is 13.8. The Kier molecular flexibility index (Phi) is 7.41. The summed E-state index contributed by atoms with van der Waals surface area (Å²) in [5.41, 5.74) is 1.86. The van der Waals surface area contributed by atoms with Gasteiger partial charge in [0, 0.05) is 29.4 Å². The van der Waals surface area contributed by atoms with Crippen molar-refractivity contribution < 1.29 is 31.9 Å². The molecule has 6 nitrogen and oxygen atoms in total. The van der Waals surface area contributed by atoms with Crippen LogP contribution in [0.2, 0.25) is 0 Å². The van der Waals surface area contributed by atoms with Gasteiger partial charge in [0.2, 0.25) is 5.91 Å². The van der Waals surface area contributed by atoms with Gasteiger partial charge in [0.1, 0.15) is 29.1 Å². The molecule has 1 aliphatic rings. The van der Waals surface area contributed by atoms with Crippen LogP contribution in [0, 0.1) is 0 Å². The number of para-hydroxylation sites is 1. The fraction of sp³-hybridized carbons (Fsp3) is 0.242. The number of amides is 1. The highest BCUT2D eigenvalue weighted by Crippen LogP contribution is 2.43. The molecule has 1 N–H and O–H groups in total. The van der Waals surface area contributed by atoms with Gasteiger partial charge in [-0.2, -0.15) is 13.2 Å². The number of carbonyl (C=O) groups is 1. The van der Waals surface area contributed by atoms with E-state index in [0.717, 1.165) is 34.0 Å². The van der Waals surface area contributed by atoms with Crippen molar-refractivity contribution in [3.05, 3.63) is 108 Å². The lowest BCUT2D eigenvalue weighted by atomic mass is 9.95. The number of nitrogens with one attached hydrogen (secondary N) is 1. The maximum absolute atomic E-state index is 13.8. The third kappa shape index (κ3) is 5.34. The molecule has 5 aromatic rings. The molecule has 0 unspecified atom stereocenters. The normalized spacial score (nSPS) is 15.0. The smallest absolute Gasteiger partial charge is 0.417 e. The van der Waals surface area contributed by atoms with Crippen molar-refractivity contribution in [2.45, 2.75) is 31.5 Å². The van der Waals surface area contributed by atoms with Crippen LogP contribution < -0.4 is 9.47 Å². The highest BCUT2D eigenvalue weighted by molar-refractivity contribution is 5.88. The quantitative estimate of drug-likeness (QED) is 0.192. The number of aromatic amines is 1. The molecule has 1 atom stereocenters. The average molecular weight is 575 g/mol. The summed E-state index contributed by atoms with van der Waals surface area (Å²) in [4.78, 5) is 18.8. The Balaban J connectivity index is 1.33. The topological polar surface area (TPSA) is 67.7 Å². The van der Waals surface area contributed by atoms with Crippen molar-refractivity contribution in [3.8, 4) is 22.8 Å². The minimum absolute atomic E-state index is 0.0513. The molecule has 9 heteroatoms. The highest BCUT2D eigenvalue weighted by atomic mass is 19.4. The zero-order valence-corrected chi connectivity index (χ0v) is 22.9. The van der Waals surface area contributed by atoms with Crippen molar-refractivity contribution in [2.24, 2.45) is 0 Å². The predicted molar refractivity (Wildman–Crippen MR) is 152 cm³/mol. The molecule has 42 heavy (non-hydrogen) atoms. The number of H-pyrrole nitrogens is 1. The Morgan fingerprint density at radius 2 is 1.79 bits per heavy atom. The van der Waals surface area contributed by atoms with E-state index in [9.17, 15) is 18.0 Å². The van der Waals surface area contributed by atoms with Gasteiger partial charge in [-0.05, 0) is 66.9 Å². The molecule has 3 aromatic carbocycles. The molecule has 0 radical (unpaired) electrons. The molecule has 0 fully saturated rings. The van der Waals surface area contributed by atoms with Crippen LogP contribution in [0.3, 0.4) is 0 Å². The largest absolute Gasteiger partial charge is 0.497 e. The van der Waals surface area contributed by atoms with Crippen molar-refractivity contribution in [1.29, 1.82) is 0 Å². The first-order valence-electron chi connectivity index (χ1n) is 13.8. The molecule has 1 amide bonds. The van der Waals surface area contributed by atoms with Gasteiger partial charge in [0.05, 0.1) is 25.0 Å². The molecular formula is C33H29F3N2O4. The molecule has 216 valence electrons. The molecule has 2 aromatic heterocycles. The summed E-state index contributed by atoms with van der Waals surface area (Å²) in [6, 6.07) is 23.0. The molecule has 0 aliphatic carbocycles. The van der Waals surface area contributed by atoms with Gasteiger partial charge in [-0.25, -0.2) is 0 Å². The van der Waals surface area contributed by atoms with Gasteiger partial charge in [-0.1, -0.05) is 36.4 Å². The number of alkyl halides is 3. The summed E-state index contributed by atoms with van der Waals surface area (Å²) in [5, 5.41) is 0.979. The SMILES string of the molecule is COc1ccc2[nH]c3c(c2c1)CCN(C(=O)CCCOc1ccccc1)[C@@H]3c1ccc(-c2ccccc2C(F)(F)F)o1. The van der Waals surface area contributed by atoms with E-state index < -0.39 is 17.8 Å². The second-order valence-corrected chi connectivity index (χ2v) is 10.2. The van der Waals surface area contributed by atoms with Crippen molar-refractivity contribution in [3.63, 3.8) is 0 Å². The van der Waals surface area contributed by atoms with Crippen LogP contribution in [-0.4, -0.2) is 36.1 Å². The second-order valence-electron chi connectivity index (χ2n) is 10.2. The maximum atomic E-state index is 13.8. The van der Waals surface area contributed by atoms with E-state index in [1.807, 2.05) is 48.5 Å². The molecule has 0 saturated heterocycles. The molecule has 0 spiro atoms. The Morgan fingerprint density at radius 1 is 1.00 bits per heavy atom. The Morgan fingerprint density at radius 3 is 2.57 bits per heavy atom. The molecule has 6 rings (SSSR count). The molecule has 1 aliphatic heterocycles. The zero-order valence-electron chi connectivity index (χ0n) is 22.9. The molecular weight excluding hydrogens is 545 g/mol. The first kappa shape index (κ1) is 27.5. The van der Waals surface area contributed by atoms with E-state index in [4.69, 9.17) is 13.9 Å². The van der Waals surface area contributed by atoms with Crippen LogP contribution in [0.5, 0.6) is 11.5 Å². The van der Waals surface area contributed by atoms with Gasteiger partial charge < -0.3 is 23.8 Å². The number of rotatable bonds is 8. The van der Waals surface area contributed by atoms with Gasteiger partial charge in [-0.15, -0.1) is 0 Å².